The standard InChI is InChI=1S/C7H15F2NO/c1-7(2,3)10-4-5(11)6(8)9/h5-6,10-11H,4H2,1-3H3. The van der Waals surface area contributed by atoms with Gasteiger partial charge >= 0.3 is 0 Å². The highest BCUT2D eigenvalue weighted by atomic mass is 19.3. The summed E-state index contributed by atoms with van der Waals surface area (Å²) >= 11 is 0. The number of β-amino-alcohol motifs (C(OH)–C–C–N with tert-alkyl or cyclic N) is 1. The molecule has 0 heterocycles. The molecule has 4 heteroatoms. The normalized spacial score (nSPS) is 15.5. The molecule has 11 heavy (non-hydrogen) atoms. The summed E-state index contributed by atoms with van der Waals surface area (Å²) < 4.78 is 23.4. The zero-order chi connectivity index (χ0) is 9.07. The average molecular weight is 167 g/mol. The Balaban J connectivity index is 3.54. The minimum absolute atomic E-state index is 0.0683. The van der Waals surface area contributed by atoms with Crippen LogP contribution in [0.5, 0.6) is 0 Å². The van der Waals surface area contributed by atoms with E-state index in [-0.39, 0.29) is 12.1 Å². The third kappa shape index (κ3) is 6.19. The molecule has 2 N–H and O–H groups in total. The molecule has 0 aromatic carbocycles. The van der Waals surface area contributed by atoms with Crippen molar-refractivity contribution in [3.05, 3.63) is 0 Å². The van der Waals surface area contributed by atoms with Gasteiger partial charge in [-0.3, -0.25) is 0 Å². The van der Waals surface area contributed by atoms with Crippen molar-refractivity contribution in [3.8, 4) is 0 Å². The van der Waals surface area contributed by atoms with E-state index in [1.807, 2.05) is 20.8 Å². The fourth-order valence-electron chi connectivity index (χ4n) is 0.500. The highest BCUT2D eigenvalue weighted by Gasteiger charge is 2.19. The minimum atomic E-state index is -2.66. The molecule has 0 radical (unpaired) electrons. The number of hydrogen-bond acceptors (Lipinski definition) is 2. The van der Waals surface area contributed by atoms with E-state index in [0.29, 0.717) is 0 Å². The molecule has 0 fully saturated rings. The van der Waals surface area contributed by atoms with Gasteiger partial charge in [0.1, 0.15) is 6.10 Å². The first-order valence-corrected chi connectivity index (χ1v) is 3.54. The summed E-state index contributed by atoms with van der Waals surface area (Å²) in [5, 5.41) is 11.5. The average Bonchev–Trinajstić information content (AvgIpc) is 1.80. The lowest BCUT2D eigenvalue weighted by molar-refractivity contribution is -0.00608. The van der Waals surface area contributed by atoms with Crippen LogP contribution in [-0.2, 0) is 0 Å². The number of rotatable bonds is 3. The zero-order valence-electron chi connectivity index (χ0n) is 7.06. The third-order valence-electron chi connectivity index (χ3n) is 1.13. The van der Waals surface area contributed by atoms with Crippen molar-refractivity contribution in [2.24, 2.45) is 0 Å². The largest absolute Gasteiger partial charge is 0.386 e. The lowest BCUT2D eigenvalue weighted by Gasteiger charge is -2.22. The summed E-state index contributed by atoms with van der Waals surface area (Å²) in [5.41, 5.74) is -0.226. The number of halogens is 2. The molecule has 0 rings (SSSR count). The number of aliphatic hydroxyl groups is 1. The predicted molar refractivity (Wildman–Crippen MR) is 39.8 cm³/mol. The highest BCUT2D eigenvalue weighted by Crippen LogP contribution is 2.02. The molecule has 0 saturated heterocycles. The van der Waals surface area contributed by atoms with Crippen LogP contribution in [0, 0.1) is 0 Å². The summed E-state index contributed by atoms with van der Waals surface area (Å²) in [6.45, 7) is 5.49. The van der Waals surface area contributed by atoms with Crippen molar-refractivity contribution in [3.63, 3.8) is 0 Å². The summed E-state index contributed by atoms with van der Waals surface area (Å²) in [4.78, 5) is 0. The van der Waals surface area contributed by atoms with E-state index in [2.05, 4.69) is 5.32 Å². The molecule has 0 aliphatic carbocycles. The van der Waals surface area contributed by atoms with Crippen molar-refractivity contribution in [1.29, 1.82) is 0 Å². The number of aliphatic hydroxyl groups excluding tert-OH is 1. The Bertz CT molecular complexity index is 111. The van der Waals surface area contributed by atoms with Crippen LogP contribution in [-0.4, -0.2) is 29.7 Å². The minimum Gasteiger partial charge on any atom is -0.386 e. The van der Waals surface area contributed by atoms with Gasteiger partial charge in [0.25, 0.3) is 6.43 Å². The number of hydrogen-bond donors (Lipinski definition) is 2. The molecule has 68 valence electrons. The van der Waals surface area contributed by atoms with Gasteiger partial charge < -0.3 is 10.4 Å². The molecular formula is C7H15F2NO. The molecule has 1 unspecified atom stereocenters. The van der Waals surface area contributed by atoms with Gasteiger partial charge in [0.2, 0.25) is 0 Å². The Morgan fingerprint density at radius 1 is 1.36 bits per heavy atom. The molecule has 2 nitrogen and oxygen atoms in total. The maximum absolute atomic E-state index is 11.7. The van der Waals surface area contributed by atoms with E-state index in [4.69, 9.17) is 5.11 Å². The first-order valence-electron chi connectivity index (χ1n) is 3.54. The molecular weight excluding hydrogens is 152 g/mol. The molecule has 0 amide bonds. The van der Waals surface area contributed by atoms with Crippen molar-refractivity contribution < 1.29 is 13.9 Å². The summed E-state index contributed by atoms with van der Waals surface area (Å²) in [5.74, 6) is 0. The SMILES string of the molecule is CC(C)(C)NCC(O)C(F)F. The van der Waals surface area contributed by atoms with Gasteiger partial charge in [-0.25, -0.2) is 8.78 Å². The maximum atomic E-state index is 11.7. The summed E-state index contributed by atoms with van der Waals surface area (Å²) in [6.07, 6.45) is -4.22. The topological polar surface area (TPSA) is 32.3 Å². The van der Waals surface area contributed by atoms with Crippen molar-refractivity contribution in [2.75, 3.05) is 6.54 Å². The number of nitrogens with one attached hydrogen (secondary N) is 1. The van der Waals surface area contributed by atoms with E-state index >= 15 is 0 Å². The lowest BCUT2D eigenvalue weighted by Crippen LogP contribution is -2.42. The van der Waals surface area contributed by atoms with E-state index in [9.17, 15) is 8.78 Å². The van der Waals surface area contributed by atoms with Crippen LogP contribution in [0.2, 0.25) is 0 Å². The Labute approximate surface area is 65.6 Å². The molecule has 0 aliphatic heterocycles. The fourth-order valence-corrected chi connectivity index (χ4v) is 0.500. The second-order valence-corrected chi connectivity index (χ2v) is 3.53. The van der Waals surface area contributed by atoms with Gasteiger partial charge in [-0.1, -0.05) is 0 Å². The van der Waals surface area contributed by atoms with Gasteiger partial charge in [-0.05, 0) is 20.8 Å². The van der Waals surface area contributed by atoms with Crippen LogP contribution in [0.1, 0.15) is 20.8 Å². The summed E-state index contributed by atoms with van der Waals surface area (Å²) in [6, 6.07) is 0. The van der Waals surface area contributed by atoms with Crippen molar-refractivity contribution in [2.45, 2.75) is 38.8 Å². The van der Waals surface area contributed by atoms with E-state index in [1.165, 1.54) is 0 Å². The van der Waals surface area contributed by atoms with Crippen LogP contribution < -0.4 is 5.32 Å². The van der Waals surface area contributed by atoms with E-state index in [1.54, 1.807) is 0 Å². The quantitative estimate of drug-likeness (QED) is 0.657. The third-order valence-corrected chi connectivity index (χ3v) is 1.13. The molecule has 0 aromatic rings. The predicted octanol–water partition coefficient (Wildman–Crippen LogP) is 1.00. The zero-order valence-corrected chi connectivity index (χ0v) is 7.06. The molecule has 0 spiro atoms. The first-order chi connectivity index (χ1) is 4.83. The van der Waals surface area contributed by atoms with Crippen LogP contribution in [0.4, 0.5) is 8.78 Å². The van der Waals surface area contributed by atoms with Crippen molar-refractivity contribution in [1.82, 2.24) is 5.32 Å². The van der Waals surface area contributed by atoms with Crippen molar-refractivity contribution >= 4 is 0 Å². The van der Waals surface area contributed by atoms with Gasteiger partial charge in [0, 0.05) is 12.1 Å². The smallest absolute Gasteiger partial charge is 0.265 e. The molecule has 0 saturated carbocycles. The Morgan fingerprint density at radius 2 is 1.82 bits per heavy atom. The first kappa shape index (κ1) is 10.8. The lowest BCUT2D eigenvalue weighted by atomic mass is 10.1. The fraction of sp³-hybridized carbons (Fsp3) is 1.00. The Hall–Kier alpha value is -0.220. The van der Waals surface area contributed by atoms with Crippen LogP contribution in [0.3, 0.4) is 0 Å². The second kappa shape index (κ2) is 3.97. The second-order valence-electron chi connectivity index (χ2n) is 3.53. The maximum Gasteiger partial charge on any atom is 0.265 e. The van der Waals surface area contributed by atoms with Crippen LogP contribution >= 0.6 is 0 Å². The molecule has 1 atom stereocenters. The van der Waals surface area contributed by atoms with Gasteiger partial charge in [0.05, 0.1) is 0 Å². The Kier molecular flexibility index (Phi) is 3.89. The van der Waals surface area contributed by atoms with Crippen LogP contribution in [0.25, 0.3) is 0 Å². The number of alkyl halides is 2. The molecule has 0 aliphatic rings. The van der Waals surface area contributed by atoms with E-state index < -0.39 is 12.5 Å². The van der Waals surface area contributed by atoms with Gasteiger partial charge in [-0.2, -0.15) is 0 Å². The van der Waals surface area contributed by atoms with Gasteiger partial charge in [0.15, 0.2) is 0 Å². The molecule has 0 aromatic heterocycles. The highest BCUT2D eigenvalue weighted by molar-refractivity contribution is 4.73. The van der Waals surface area contributed by atoms with E-state index in [0.717, 1.165) is 0 Å². The van der Waals surface area contributed by atoms with Gasteiger partial charge in [-0.15, -0.1) is 0 Å². The monoisotopic (exact) mass is 167 g/mol. The molecule has 0 bridgehead atoms. The Morgan fingerprint density at radius 3 is 2.09 bits per heavy atom. The van der Waals surface area contributed by atoms with Crippen LogP contribution in [0.15, 0.2) is 0 Å². The summed E-state index contributed by atoms with van der Waals surface area (Å²) in [7, 11) is 0.